The smallest absolute Gasteiger partial charge is 0.128 e. The Morgan fingerprint density at radius 3 is 2.41 bits per heavy atom. The van der Waals surface area contributed by atoms with Crippen molar-refractivity contribution in [3.05, 3.63) is 59.1 Å². The SMILES string of the molecule is NCCc1ccc(Oc2ccccc2)cc1Cl. The van der Waals surface area contributed by atoms with Crippen molar-refractivity contribution < 1.29 is 4.74 Å². The van der Waals surface area contributed by atoms with Crippen LogP contribution in [0.2, 0.25) is 5.02 Å². The summed E-state index contributed by atoms with van der Waals surface area (Å²) in [4.78, 5) is 0. The maximum Gasteiger partial charge on any atom is 0.128 e. The molecule has 3 heteroatoms. The van der Waals surface area contributed by atoms with Crippen molar-refractivity contribution in [1.29, 1.82) is 0 Å². The highest BCUT2D eigenvalue weighted by molar-refractivity contribution is 6.31. The summed E-state index contributed by atoms with van der Waals surface area (Å²) in [6, 6.07) is 15.3. The molecule has 2 nitrogen and oxygen atoms in total. The first-order valence-electron chi connectivity index (χ1n) is 5.51. The van der Waals surface area contributed by atoms with E-state index in [0.717, 1.165) is 23.5 Å². The summed E-state index contributed by atoms with van der Waals surface area (Å²) < 4.78 is 5.68. The van der Waals surface area contributed by atoms with E-state index >= 15 is 0 Å². The quantitative estimate of drug-likeness (QED) is 0.895. The number of ether oxygens (including phenoxy) is 1. The molecule has 0 saturated carbocycles. The van der Waals surface area contributed by atoms with Crippen LogP contribution in [-0.4, -0.2) is 6.54 Å². The summed E-state index contributed by atoms with van der Waals surface area (Å²) in [6.45, 7) is 0.596. The first kappa shape index (κ1) is 12.0. The molecule has 0 spiro atoms. The lowest BCUT2D eigenvalue weighted by Gasteiger charge is -2.08. The standard InChI is InChI=1S/C14H14ClNO/c15-14-10-13(7-6-11(14)8-9-16)17-12-4-2-1-3-5-12/h1-7,10H,8-9,16H2. The van der Waals surface area contributed by atoms with Crippen LogP contribution in [0, 0.1) is 0 Å². The monoisotopic (exact) mass is 247 g/mol. The van der Waals surface area contributed by atoms with Crippen LogP contribution in [0.25, 0.3) is 0 Å². The molecule has 2 rings (SSSR count). The molecule has 0 unspecified atom stereocenters. The fourth-order valence-electron chi connectivity index (χ4n) is 1.57. The number of benzene rings is 2. The number of halogens is 1. The van der Waals surface area contributed by atoms with Gasteiger partial charge in [-0.25, -0.2) is 0 Å². The fraction of sp³-hybridized carbons (Fsp3) is 0.143. The van der Waals surface area contributed by atoms with E-state index in [-0.39, 0.29) is 0 Å². The lowest BCUT2D eigenvalue weighted by molar-refractivity contribution is 0.482. The molecule has 0 radical (unpaired) electrons. The molecular formula is C14H14ClNO. The number of nitrogens with two attached hydrogens (primary N) is 1. The van der Waals surface area contributed by atoms with Crippen LogP contribution in [0.5, 0.6) is 11.5 Å². The summed E-state index contributed by atoms with van der Waals surface area (Å²) >= 11 is 6.14. The van der Waals surface area contributed by atoms with Gasteiger partial charge in [-0.05, 0) is 42.8 Å². The van der Waals surface area contributed by atoms with Crippen LogP contribution in [0.4, 0.5) is 0 Å². The average molecular weight is 248 g/mol. The molecule has 0 amide bonds. The average Bonchev–Trinajstić information content (AvgIpc) is 2.34. The van der Waals surface area contributed by atoms with Crippen molar-refractivity contribution in [2.24, 2.45) is 5.73 Å². The Morgan fingerprint density at radius 1 is 1.00 bits per heavy atom. The molecular weight excluding hydrogens is 234 g/mol. The molecule has 0 bridgehead atoms. The first-order chi connectivity index (χ1) is 8.29. The molecule has 0 saturated heterocycles. The molecule has 17 heavy (non-hydrogen) atoms. The van der Waals surface area contributed by atoms with Crippen molar-refractivity contribution in [1.82, 2.24) is 0 Å². The molecule has 0 atom stereocenters. The van der Waals surface area contributed by atoms with E-state index in [9.17, 15) is 0 Å². The lowest BCUT2D eigenvalue weighted by Crippen LogP contribution is -2.03. The minimum atomic E-state index is 0.596. The van der Waals surface area contributed by atoms with Gasteiger partial charge in [0.1, 0.15) is 11.5 Å². The molecule has 0 fully saturated rings. The fourth-order valence-corrected chi connectivity index (χ4v) is 1.84. The van der Waals surface area contributed by atoms with Crippen LogP contribution in [0.3, 0.4) is 0 Å². The molecule has 2 N–H and O–H groups in total. The largest absolute Gasteiger partial charge is 0.457 e. The second-order valence-corrected chi connectivity index (χ2v) is 4.11. The third-order valence-corrected chi connectivity index (χ3v) is 2.77. The third kappa shape index (κ3) is 3.22. The van der Waals surface area contributed by atoms with Crippen molar-refractivity contribution in [2.45, 2.75) is 6.42 Å². The minimum Gasteiger partial charge on any atom is -0.457 e. The molecule has 88 valence electrons. The maximum absolute atomic E-state index is 6.14. The van der Waals surface area contributed by atoms with Crippen molar-refractivity contribution in [3.8, 4) is 11.5 Å². The highest BCUT2D eigenvalue weighted by Gasteiger charge is 2.02. The Hall–Kier alpha value is -1.51. The molecule has 2 aromatic carbocycles. The third-order valence-electron chi connectivity index (χ3n) is 2.42. The van der Waals surface area contributed by atoms with Gasteiger partial charge in [-0.2, -0.15) is 0 Å². The summed E-state index contributed by atoms with van der Waals surface area (Å²) in [5.74, 6) is 1.54. The molecule has 0 aliphatic rings. The summed E-state index contributed by atoms with van der Waals surface area (Å²) in [6.07, 6.45) is 0.782. The van der Waals surface area contributed by atoms with Crippen molar-refractivity contribution in [2.75, 3.05) is 6.54 Å². The van der Waals surface area contributed by atoms with Gasteiger partial charge >= 0.3 is 0 Å². The van der Waals surface area contributed by atoms with E-state index in [4.69, 9.17) is 22.1 Å². The molecule has 0 aromatic heterocycles. The zero-order valence-corrected chi connectivity index (χ0v) is 10.2. The first-order valence-corrected chi connectivity index (χ1v) is 5.89. The maximum atomic E-state index is 6.14. The van der Waals surface area contributed by atoms with E-state index in [2.05, 4.69) is 0 Å². The highest BCUT2D eigenvalue weighted by atomic mass is 35.5. The van der Waals surface area contributed by atoms with E-state index < -0.39 is 0 Å². The Morgan fingerprint density at radius 2 is 1.76 bits per heavy atom. The second kappa shape index (κ2) is 5.71. The van der Waals surface area contributed by atoms with Gasteiger partial charge in [0.05, 0.1) is 0 Å². The second-order valence-electron chi connectivity index (χ2n) is 3.71. The van der Waals surface area contributed by atoms with E-state index in [1.807, 2.05) is 48.5 Å². The zero-order valence-electron chi connectivity index (χ0n) is 9.40. The number of hydrogen-bond donors (Lipinski definition) is 1. The van der Waals surface area contributed by atoms with Crippen molar-refractivity contribution in [3.63, 3.8) is 0 Å². The van der Waals surface area contributed by atoms with Crippen LogP contribution >= 0.6 is 11.6 Å². The van der Waals surface area contributed by atoms with Crippen LogP contribution in [-0.2, 0) is 6.42 Å². The van der Waals surface area contributed by atoms with Crippen LogP contribution in [0.15, 0.2) is 48.5 Å². The summed E-state index contributed by atoms with van der Waals surface area (Å²) in [5, 5.41) is 0.698. The van der Waals surface area contributed by atoms with Gasteiger partial charge in [-0.1, -0.05) is 35.9 Å². The molecule has 0 aliphatic carbocycles. The number of para-hydroxylation sites is 1. The predicted octanol–water partition coefficient (Wildman–Crippen LogP) is 3.63. The van der Waals surface area contributed by atoms with Gasteiger partial charge < -0.3 is 10.5 Å². The Kier molecular flexibility index (Phi) is 4.02. The molecule has 2 aromatic rings. The van der Waals surface area contributed by atoms with Gasteiger partial charge in [0.2, 0.25) is 0 Å². The van der Waals surface area contributed by atoms with Gasteiger partial charge in [-0.3, -0.25) is 0 Å². The number of rotatable bonds is 4. The highest BCUT2D eigenvalue weighted by Crippen LogP contribution is 2.26. The van der Waals surface area contributed by atoms with E-state index in [0.29, 0.717) is 11.6 Å². The van der Waals surface area contributed by atoms with E-state index in [1.165, 1.54) is 0 Å². The topological polar surface area (TPSA) is 35.2 Å². The van der Waals surface area contributed by atoms with Gasteiger partial charge in [-0.15, -0.1) is 0 Å². The summed E-state index contributed by atoms with van der Waals surface area (Å²) in [5.41, 5.74) is 6.55. The Labute approximate surface area is 106 Å². The summed E-state index contributed by atoms with van der Waals surface area (Å²) in [7, 11) is 0. The van der Waals surface area contributed by atoms with Gasteiger partial charge in [0, 0.05) is 5.02 Å². The predicted molar refractivity (Wildman–Crippen MR) is 70.7 cm³/mol. The molecule has 0 heterocycles. The normalized spacial score (nSPS) is 10.2. The minimum absolute atomic E-state index is 0.596. The Bertz CT molecular complexity index is 485. The Balaban J connectivity index is 2.15. The number of hydrogen-bond acceptors (Lipinski definition) is 2. The molecule has 0 aliphatic heterocycles. The van der Waals surface area contributed by atoms with Gasteiger partial charge in [0.15, 0.2) is 0 Å². The lowest BCUT2D eigenvalue weighted by atomic mass is 10.1. The van der Waals surface area contributed by atoms with Gasteiger partial charge in [0.25, 0.3) is 0 Å². The van der Waals surface area contributed by atoms with Crippen molar-refractivity contribution >= 4 is 11.6 Å². The van der Waals surface area contributed by atoms with Crippen LogP contribution < -0.4 is 10.5 Å². The van der Waals surface area contributed by atoms with E-state index in [1.54, 1.807) is 0 Å². The van der Waals surface area contributed by atoms with Crippen LogP contribution in [0.1, 0.15) is 5.56 Å². The zero-order chi connectivity index (χ0) is 12.1.